The molecule has 2 amide bonds. The number of hydrogen-bond acceptors (Lipinski definition) is 6. The normalized spacial score (nSPS) is 15.9. The van der Waals surface area contributed by atoms with Crippen molar-refractivity contribution in [3.8, 4) is 5.88 Å². The summed E-state index contributed by atoms with van der Waals surface area (Å²) in [6, 6.07) is 6.24. The van der Waals surface area contributed by atoms with Crippen LogP contribution in [0.25, 0.3) is 0 Å². The molecule has 1 aromatic heterocycles. The Morgan fingerprint density at radius 2 is 2.03 bits per heavy atom. The molecule has 1 aliphatic heterocycles. The van der Waals surface area contributed by atoms with Crippen LogP contribution in [0, 0.1) is 0 Å². The molecule has 3 rings (SSSR count). The summed E-state index contributed by atoms with van der Waals surface area (Å²) in [5.41, 5.74) is 0.990. The molecule has 1 atom stereocenters. The van der Waals surface area contributed by atoms with Crippen molar-refractivity contribution in [3.63, 3.8) is 0 Å². The Balaban J connectivity index is 1.58. The van der Waals surface area contributed by atoms with Crippen molar-refractivity contribution in [3.05, 3.63) is 53.7 Å². The molecule has 170 valence electrons. The van der Waals surface area contributed by atoms with Gasteiger partial charge in [-0.15, -0.1) is 0 Å². The first-order chi connectivity index (χ1) is 15.1. The molecule has 1 unspecified atom stereocenters. The highest BCUT2D eigenvalue weighted by Gasteiger charge is 2.30. The van der Waals surface area contributed by atoms with Gasteiger partial charge in [0.15, 0.2) is 6.61 Å². The number of ether oxygens (including phenoxy) is 1. The van der Waals surface area contributed by atoms with E-state index in [0.29, 0.717) is 30.8 Å². The van der Waals surface area contributed by atoms with Crippen LogP contribution in [0.4, 0.5) is 24.8 Å². The number of halogens is 4. The molecule has 0 saturated carbocycles. The van der Waals surface area contributed by atoms with E-state index in [4.69, 9.17) is 11.6 Å². The van der Waals surface area contributed by atoms with Gasteiger partial charge in [-0.1, -0.05) is 18.2 Å². The average Bonchev–Trinajstić information content (AvgIpc) is 3.22. The second kappa shape index (κ2) is 9.86. The summed E-state index contributed by atoms with van der Waals surface area (Å²) in [6.07, 6.45) is -1.65. The number of anilines is 2. The number of rotatable bonds is 7. The maximum absolute atomic E-state index is 12.7. The van der Waals surface area contributed by atoms with Gasteiger partial charge in [0.1, 0.15) is 5.02 Å². The number of nitrogens with one attached hydrogen (secondary N) is 2. The van der Waals surface area contributed by atoms with Crippen LogP contribution in [0.5, 0.6) is 5.88 Å². The Bertz CT molecular complexity index is 1000. The Morgan fingerprint density at radius 3 is 2.69 bits per heavy atom. The predicted molar refractivity (Wildman–Crippen MR) is 112 cm³/mol. The molecule has 2 N–H and O–H groups in total. The Morgan fingerprint density at radius 1 is 1.31 bits per heavy atom. The number of carbonyl (C=O) groups is 2. The SMILES string of the molecule is C=CC(=O)Nc1ccc(C(=O)N2CCC(Nc3ncc(Cl)c(OCC(F)(F)F)n3)C2)cc1. The smallest absolute Gasteiger partial charge is 0.422 e. The minimum Gasteiger partial charge on any atom is -0.467 e. The van der Waals surface area contributed by atoms with Gasteiger partial charge in [-0.3, -0.25) is 9.59 Å². The quantitative estimate of drug-likeness (QED) is 0.602. The van der Waals surface area contributed by atoms with Crippen LogP contribution in [-0.2, 0) is 4.79 Å². The zero-order valence-corrected chi connectivity index (χ0v) is 17.4. The predicted octanol–water partition coefficient (Wildman–Crippen LogP) is 3.52. The Kier molecular flexibility index (Phi) is 7.18. The van der Waals surface area contributed by atoms with E-state index >= 15 is 0 Å². The largest absolute Gasteiger partial charge is 0.467 e. The van der Waals surface area contributed by atoms with Gasteiger partial charge in [0.25, 0.3) is 5.91 Å². The fourth-order valence-corrected chi connectivity index (χ4v) is 3.14. The lowest BCUT2D eigenvalue weighted by atomic mass is 10.2. The van der Waals surface area contributed by atoms with Crippen LogP contribution in [-0.4, -0.2) is 58.6 Å². The van der Waals surface area contributed by atoms with Gasteiger partial charge >= 0.3 is 6.18 Å². The van der Waals surface area contributed by atoms with Crippen molar-refractivity contribution in [1.82, 2.24) is 14.9 Å². The summed E-state index contributed by atoms with van der Waals surface area (Å²) in [4.78, 5) is 33.5. The molecule has 8 nitrogen and oxygen atoms in total. The molecule has 1 saturated heterocycles. The number of benzene rings is 1. The minimum atomic E-state index is -4.52. The molecular weight excluding hydrogens is 451 g/mol. The fourth-order valence-electron chi connectivity index (χ4n) is 2.99. The minimum absolute atomic E-state index is 0.0492. The first-order valence-corrected chi connectivity index (χ1v) is 9.84. The van der Waals surface area contributed by atoms with Crippen LogP contribution in [0.1, 0.15) is 16.8 Å². The number of hydrogen-bond donors (Lipinski definition) is 2. The first-order valence-electron chi connectivity index (χ1n) is 9.46. The molecule has 2 heterocycles. The fraction of sp³-hybridized carbons (Fsp3) is 0.300. The molecule has 0 aliphatic carbocycles. The van der Waals surface area contributed by atoms with Gasteiger partial charge < -0.3 is 20.3 Å². The topological polar surface area (TPSA) is 96.5 Å². The third-order valence-electron chi connectivity index (χ3n) is 4.48. The monoisotopic (exact) mass is 469 g/mol. The summed E-state index contributed by atoms with van der Waals surface area (Å²) in [5, 5.41) is 5.44. The number of nitrogens with zero attached hydrogens (tertiary/aromatic N) is 3. The van der Waals surface area contributed by atoms with E-state index in [1.165, 1.54) is 0 Å². The Hall–Kier alpha value is -3.34. The van der Waals surface area contributed by atoms with Crippen LogP contribution < -0.4 is 15.4 Å². The maximum atomic E-state index is 12.7. The third-order valence-corrected chi connectivity index (χ3v) is 4.74. The maximum Gasteiger partial charge on any atom is 0.422 e. The van der Waals surface area contributed by atoms with Crippen molar-refractivity contribution >= 4 is 35.1 Å². The van der Waals surface area contributed by atoms with E-state index in [1.54, 1.807) is 29.2 Å². The van der Waals surface area contributed by atoms with Crippen molar-refractivity contribution in [2.75, 3.05) is 30.3 Å². The van der Waals surface area contributed by atoms with E-state index in [9.17, 15) is 22.8 Å². The zero-order chi connectivity index (χ0) is 23.3. The standard InChI is InChI=1S/C20H19ClF3N5O3/c1-2-16(30)26-13-5-3-12(4-6-13)18(31)29-8-7-14(10-29)27-19-25-9-15(21)17(28-19)32-11-20(22,23)24/h2-6,9,14H,1,7-8,10-11H2,(H,26,30)(H,25,27,28). The number of alkyl halides is 3. The van der Waals surface area contributed by atoms with Gasteiger partial charge in [-0.25, -0.2) is 4.98 Å². The molecular formula is C20H19ClF3N5O3. The lowest BCUT2D eigenvalue weighted by molar-refractivity contribution is -0.154. The highest BCUT2D eigenvalue weighted by atomic mass is 35.5. The second-order valence-electron chi connectivity index (χ2n) is 6.90. The first kappa shape index (κ1) is 23.3. The summed E-state index contributed by atoms with van der Waals surface area (Å²) in [6.45, 7) is 2.67. The van der Waals surface area contributed by atoms with Crippen LogP contribution in [0.15, 0.2) is 43.1 Å². The molecule has 1 aliphatic rings. The van der Waals surface area contributed by atoms with E-state index in [1.807, 2.05) is 0 Å². The lowest BCUT2D eigenvalue weighted by Gasteiger charge is -2.18. The number of carbonyl (C=O) groups excluding carboxylic acids is 2. The van der Waals surface area contributed by atoms with Crippen molar-refractivity contribution in [1.29, 1.82) is 0 Å². The summed E-state index contributed by atoms with van der Waals surface area (Å²) >= 11 is 5.80. The summed E-state index contributed by atoms with van der Waals surface area (Å²) in [7, 11) is 0. The van der Waals surface area contributed by atoms with Crippen LogP contribution >= 0.6 is 11.6 Å². The van der Waals surface area contributed by atoms with Gasteiger partial charge in [-0.2, -0.15) is 18.2 Å². The molecule has 2 aromatic rings. The summed E-state index contributed by atoms with van der Waals surface area (Å²) < 4.78 is 41.7. The summed E-state index contributed by atoms with van der Waals surface area (Å²) in [5.74, 6) is -0.875. The van der Waals surface area contributed by atoms with Crippen molar-refractivity contribution < 1.29 is 27.5 Å². The highest BCUT2D eigenvalue weighted by molar-refractivity contribution is 6.31. The molecule has 32 heavy (non-hydrogen) atoms. The molecule has 1 aromatic carbocycles. The van der Waals surface area contributed by atoms with E-state index < -0.39 is 12.8 Å². The van der Waals surface area contributed by atoms with E-state index in [-0.39, 0.29) is 34.7 Å². The van der Waals surface area contributed by atoms with Gasteiger partial charge in [-0.05, 0) is 36.8 Å². The number of aromatic nitrogens is 2. The number of amides is 2. The van der Waals surface area contributed by atoms with Crippen LogP contribution in [0.3, 0.4) is 0 Å². The van der Waals surface area contributed by atoms with Crippen LogP contribution in [0.2, 0.25) is 5.02 Å². The Labute approximate surface area is 186 Å². The lowest BCUT2D eigenvalue weighted by Crippen LogP contribution is -2.31. The molecule has 1 fully saturated rings. The second-order valence-corrected chi connectivity index (χ2v) is 7.31. The highest BCUT2D eigenvalue weighted by Crippen LogP contribution is 2.25. The number of likely N-dealkylation sites (tertiary alicyclic amines) is 1. The van der Waals surface area contributed by atoms with Gasteiger partial charge in [0.2, 0.25) is 17.7 Å². The van der Waals surface area contributed by atoms with Gasteiger partial charge in [0, 0.05) is 30.4 Å². The molecule has 12 heteroatoms. The van der Waals surface area contributed by atoms with Crippen molar-refractivity contribution in [2.45, 2.75) is 18.6 Å². The molecule has 0 spiro atoms. The molecule has 0 bridgehead atoms. The van der Waals surface area contributed by atoms with E-state index in [2.05, 4.69) is 31.9 Å². The third kappa shape index (κ3) is 6.33. The van der Waals surface area contributed by atoms with E-state index in [0.717, 1.165) is 12.3 Å². The zero-order valence-electron chi connectivity index (χ0n) is 16.7. The average molecular weight is 470 g/mol. The van der Waals surface area contributed by atoms with Crippen molar-refractivity contribution in [2.24, 2.45) is 0 Å². The van der Waals surface area contributed by atoms with Gasteiger partial charge in [0.05, 0.1) is 6.20 Å². The molecule has 0 radical (unpaired) electrons.